The van der Waals surface area contributed by atoms with E-state index in [-0.39, 0.29) is 5.78 Å². The molecule has 0 N–H and O–H groups in total. The molecule has 1 heterocycles. The molecule has 0 aliphatic rings. The van der Waals surface area contributed by atoms with E-state index in [9.17, 15) is 4.79 Å². The number of hydrogen-bond donors (Lipinski definition) is 0. The van der Waals surface area contributed by atoms with E-state index >= 15 is 0 Å². The van der Waals surface area contributed by atoms with Crippen LogP contribution in [0.25, 0.3) is 22.2 Å². The van der Waals surface area contributed by atoms with Gasteiger partial charge in [-0.3, -0.25) is 4.79 Å². The summed E-state index contributed by atoms with van der Waals surface area (Å²) in [5.41, 5.74) is 3.50. The Morgan fingerprint density at radius 1 is 1.13 bits per heavy atom. The molecule has 0 unspecified atom stereocenters. The number of nitrogens with zero attached hydrogens (tertiary/aromatic N) is 2. The van der Waals surface area contributed by atoms with E-state index in [0.717, 1.165) is 16.5 Å². The second-order valence-corrected chi connectivity index (χ2v) is 5.75. The van der Waals surface area contributed by atoms with Crippen LogP contribution in [0.2, 0.25) is 0 Å². The number of ketones is 1. The summed E-state index contributed by atoms with van der Waals surface area (Å²) in [5.74, 6) is 0.642. The molecule has 4 heteroatoms. The Morgan fingerprint density at radius 3 is 2.57 bits per heavy atom. The van der Waals surface area contributed by atoms with Gasteiger partial charge < -0.3 is 9.42 Å². The topological polar surface area (TPSA) is 46.3 Å². The van der Waals surface area contributed by atoms with Gasteiger partial charge in [-0.15, -0.1) is 0 Å². The summed E-state index contributed by atoms with van der Waals surface area (Å²) < 4.78 is 5.49. The number of fused-ring (bicyclic) bond motifs is 1. The van der Waals surface area contributed by atoms with Crippen molar-refractivity contribution in [3.8, 4) is 11.3 Å². The number of benzene rings is 2. The Bertz CT molecular complexity index is 874. The first-order chi connectivity index (χ1) is 11.0. The third kappa shape index (κ3) is 3.16. The zero-order valence-corrected chi connectivity index (χ0v) is 13.4. The van der Waals surface area contributed by atoms with Gasteiger partial charge in [0.15, 0.2) is 11.5 Å². The van der Waals surface area contributed by atoms with Gasteiger partial charge in [-0.05, 0) is 25.1 Å². The number of aryl methyl sites for hydroxylation is 1. The number of allylic oxidation sites excluding steroid dienone is 1. The minimum atomic E-state index is -0.0448. The Kier molecular flexibility index (Phi) is 3.98. The normalized spacial score (nSPS) is 11.3. The minimum absolute atomic E-state index is 0.0448. The zero-order chi connectivity index (χ0) is 16.4. The summed E-state index contributed by atoms with van der Waals surface area (Å²) in [7, 11) is 3.75. The van der Waals surface area contributed by atoms with Crippen molar-refractivity contribution in [1.82, 2.24) is 10.1 Å². The highest BCUT2D eigenvalue weighted by Crippen LogP contribution is 2.29. The Morgan fingerprint density at radius 2 is 1.87 bits per heavy atom. The molecule has 0 fully saturated rings. The molecule has 0 amide bonds. The van der Waals surface area contributed by atoms with Crippen LogP contribution in [0.3, 0.4) is 0 Å². The fourth-order valence-electron chi connectivity index (χ4n) is 2.32. The molecular formula is C19H18N2O2. The maximum Gasteiger partial charge on any atom is 0.187 e. The third-order valence-electron chi connectivity index (χ3n) is 3.60. The number of rotatable bonds is 4. The highest BCUT2D eigenvalue weighted by Gasteiger charge is 2.13. The number of carbonyl (C=O) groups excluding carboxylic acids is 1. The molecule has 0 saturated carbocycles. The predicted molar refractivity (Wildman–Crippen MR) is 91.3 cm³/mol. The van der Waals surface area contributed by atoms with Gasteiger partial charge in [0, 0.05) is 37.5 Å². The molecular weight excluding hydrogens is 288 g/mol. The molecule has 0 atom stereocenters. The first-order valence-electron chi connectivity index (χ1n) is 7.40. The summed E-state index contributed by atoms with van der Waals surface area (Å²) in [5, 5.41) is 4.92. The van der Waals surface area contributed by atoms with Gasteiger partial charge in [-0.25, -0.2) is 0 Å². The van der Waals surface area contributed by atoms with Crippen molar-refractivity contribution < 1.29 is 9.32 Å². The largest absolute Gasteiger partial charge is 0.383 e. The molecule has 3 aromatic rings. The van der Waals surface area contributed by atoms with E-state index in [4.69, 9.17) is 4.52 Å². The number of aromatic nitrogens is 1. The van der Waals surface area contributed by atoms with Gasteiger partial charge in [0.05, 0.1) is 5.39 Å². The molecule has 0 spiro atoms. The van der Waals surface area contributed by atoms with Crippen molar-refractivity contribution in [3.05, 3.63) is 65.9 Å². The van der Waals surface area contributed by atoms with Crippen molar-refractivity contribution in [2.24, 2.45) is 0 Å². The third-order valence-corrected chi connectivity index (χ3v) is 3.60. The molecule has 1 aromatic heterocycles. The van der Waals surface area contributed by atoms with Crippen LogP contribution in [-0.4, -0.2) is 29.9 Å². The van der Waals surface area contributed by atoms with E-state index in [1.54, 1.807) is 18.3 Å². The maximum absolute atomic E-state index is 12.2. The average Bonchev–Trinajstić information content (AvgIpc) is 2.96. The van der Waals surface area contributed by atoms with Crippen molar-refractivity contribution in [2.45, 2.75) is 6.92 Å². The average molecular weight is 306 g/mol. The lowest BCUT2D eigenvalue weighted by Crippen LogP contribution is -2.03. The first-order valence-corrected chi connectivity index (χ1v) is 7.40. The number of carbonyl (C=O) groups is 1. The molecule has 3 rings (SSSR count). The Balaban J connectivity index is 2.03. The minimum Gasteiger partial charge on any atom is -0.383 e. The van der Waals surface area contributed by atoms with Crippen LogP contribution in [-0.2, 0) is 0 Å². The van der Waals surface area contributed by atoms with Crippen molar-refractivity contribution >= 4 is 16.7 Å². The predicted octanol–water partition coefficient (Wildman–Crippen LogP) is 4.06. The highest BCUT2D eigenvalue weighted by molar-refractivity contribution is 6.07. The maximum atomic E-state index is 12.2. The molecule has 116 valence electrons. The van der Waals surface area contributed by atoms with E-state index in [0.29, 0.717) is 11.3 Å². The Labute approximate surface area is 135 Å². The lowest BCUT2D eigenvalue weighted by atomic mass is 10.0. The van der Waals surface area contributed by atoms with Crippen LogP contribution in [0.4, 0.5) is 0 Å². The summed E-state index contributed by atoms with van der Waals surface area (Å²) in [4.78, 5) is 14.1. The smallest absolute Gasteiger partial charge is 0.187 e. The summed E-state index contributed by atoms with van der Waals surface area (Å²) in [6.07, 6.45) is 3.29. The first kappa shape index (κ1) is 15.0. The lowest BCUT2D eigenvalue weighted by molar-refractivity contribution is 0.104. The molecule has 2 aromatic carbocycles. The van der Waals surface area contributed by atoms with Crippen LogP contribution in [0.5, 0.6) is 0 Å². The molecule has 0 aliphatic carbocycles. The Hall–Kier alpha value is -2.88. The second-order valence-electron chi connectivity index (χ2n) is 5.75. The van der Waals surface area contributed by atoms with Crippen molar-refractivity contribution in [2.75, 3.05) is 14.1 Å². The van der Waals surface area contributed by atoms with Crippen LogP contribution >= 0.6 is 0 Å². The fourth-order valence-corrected chi connectivity index (χ4v) is 2.32. The van der Waals surface area contributed by atoms with E-state index in [1.165, 1.54) is 5.56 Å². The van der Waals surface area contributed by atoms with Gasteiger partial charge in [0.2, 0.25) is 0 Å². The van der Waals surface area contributed by atoms with E-state index in [1.807, 2.05) is 62.3 Å². The molecule has 0 radical (unpaired) electrons. The van der Waals surface area contributed by atoms with Gasteiger partial charge in [-0.2, -0.15) is 0 Å². The van der Waals surface area contributed by atoms with Gasteiger partial charge in [0.1, 0.15) is 5.52 Å². The van der Waals surface area contributed by atoms with Crippen molar-refractivity contribution in [3.63, 3.8) is 0 Å². The number of hydrogen-bond acceptors (Lipinski definition) is 4. The summed E-state index contributed by atoms with van der Waals surface area (Å²) >= 11 is 0. The summed E-state index contributed by atoms with van der Waals surface area (Å²) in [6, 6.07) is 13.5. The van der Waals surface area contributed by atoms with Crippen LogP contribution in [0, 0.1) is 6.92 Å². The molecule has 0 aliphatic heterocycles. The van der Waals surface area contributed by atoms with Gasteiger partial charge >= 0.3 is 0 Å². The molecule has 0 bridgehead atoms. The quantitative estimate of drug-likeness (QED) is 0.538. The highest BCUT2D eigenvalue weighted by atomic mass is 16.5. The van der Waals surface area contributed by atoms with Gasteiger partial charge in [0.25, 0.3) is 0 Å². The standard InChI is InChI=1S/C19H18N2O2/c1-13-4-6-14(7-5-13)19-16-12-15(8-9-17(16)20-23-19)18(22)10-11-21(2)3/h4-12H,1-3H3/b11-10+. The second kappa shape index (κ2) is 6.08. The monoisotopic (exact) mass is 306 g/mol. The lowest BCUT2D eigenvalue weighted by Gasteiger charge is -2.03. The van der Waals surface area contributed by atoms with Crippen LogP contribution < -0.4 is 0 Å². The molecule has 4 nitrogen and oxygen atoms in total. The molecule has 0 saturated heterocycles. The van der Waals surface area contributed by atoms with E-state index in [2.05, 4.69) is 5.16 Å². The zero-order valence-electron chi connectivity index (χ0n) is 13.4. The molecule has 23 heavy (non-hydrogen) atoms. The van der Waals surface area contributed by atoms with Crippen LogP contribution in [0.1, 0.15) is 15.9 Å². The van der Waals surface area contributed by atoms with Gasteiger partial charge in [-0.1, -0.05) is 35.0 Å². The van der Waals surface area contributed by atoms with Crippen molar-refractivity contribution in [1.29, 1.82) is 0 Å². The van der Waals surface area contributed by atoms with E-state index < -0.39 is 0 Å². The summed E-state index contributed by atoms with van der Waals surface area (Å²) in [6.45, 7) is 2.04. The fraction of sp³-hybridized carbons (Fsp3) is 0.158. The van der Waals surface area contributed by atoms with Crippen LogP contribution in [0.15, 0.2) is 59.3 Å². The SMILES string of the molecule is Cc1ccc(-c2onc3ccc(C(=O)/C=C/N(C)C)cc23)cc1.